The Morgan fingerprint density at radius 1 is 1.43 bits per heavy atom. The smallest absolute Gasteiger partial charge is 0.270 e. The summed E-state index contributed by atoms with van der Waals surface area (Å²) in [6.45, 7) is 11.1. The van der Waals surface area contributed by atoms with Gasteiger partial charge in [-0.15, -0.1) is 0 Å². The molecule has 0 N–H and O–H groups in total. The van der Waals surface area contributed by atoms with Gasteiger partial charge in [0, 0.05) is 24.5 Å². The zero-order chi connectivity index (χ0) is 20.3. The molecule has 1 aliphatic heterocycles. The van der Waals surface area contributed by atoms with Crippen LogP contribution < -0.4 is 0 Å². The Labute approximate surface area is 172 Å². The molecule has 1 aromatic heterocycles. The molecule has 2 aliphatic carbocycles. The minimum Gasteiger partial charge on any atom is -0.374 e. The van der Waals surface area contributed by atoms with Gasteiger partial charge in [0.1, 0.15) is 5.03 Å². The molecule has 0 amide bonds. The quantitative estimate of drug-likeness (QED) is 0.274. The predicted molar refractivity (Wildman–Crippen MR) is 111 cm³/mol. The van der Waals surface area contributed by atoms with E-state index in [1.54, 1.807) is 13.1 Å². The lowest BCUT2D eigenvalue weighted by molar-refractivity contribution is -0.536. The molecule has 2 bridgehead atoms. The van der Waals surface area contributed by atoms with Gasteiger partial charge >= 0.3 is 0 Å². The third kappa shape index (κ3) is 2.90. The third-order valence-electron chi connectivity index (χ3n) is 8.42. The molecule has 28 heavy (non-hydrogen) atoms. The van der Waals surface area contributed by atoms with E-state index in [0.29, 0.717) is 28.9 Å². The average Bonchev–Trinajstić information content (AvgIpc) is 3.21. The number of nitrogens with zero attached hydrogens (tertiary/aromatic N) is 2. The first-order valence-corrected chi connectivity index (χ1v) is 11.3. The molecule has 3 aliphatic rings. The van der Waals surface area contributed by atoms with E-state index >= 15 is 0 Å². The molecular formula is C22H32N2O3S. The summed E-state index contributed by atoms with van der Waals surface area (Å²) < 4.78 is 6.65. The summed E-state index contributed by atoms with van der Waals surface area (Å²) in [6, 6.07) is 5.55. The van der Waals surface area contributed by atoms with Gasteiger partial charge in [0.2, 0.25) is 0 Å². The Morgan fingerprint density at radius 3 is 2.79 bits per heavy atom. The van der Waals surface area contributed by atoms with Crippen LogP contribution in [0, 0.1) is 38.7 Å². The van der Waals surface area contributed by atoms with E-state index in [1.807, 2.05) is 18.2 Å². The van der Waals surface area contributed by atoms with Crippen LogP contribution in [-0.2, 0) is 4.74 Å². The second-order valence-corrected chi connectivity index (χ2v) is 11.7. The van der Waals surface area contributed by atoms with Gasteiger partial charge < -0.3 is 4.74 Å². The van der Waals surface area contributed by atoms with Gasteiger partial charge in [-0.3, -0.25) is 10.1 Å². The van der Waals surface area contributed by atoms with Crippen molar-refractivity contribution in [3.8, 4) is 0 Å². The number of fused-ring (bicyclic) bond motifs is 5. The van der Waals surface area contributed by atoms with E-state index in [0.717, 1.165) is 12.3 Å². The largest absolute Gasteiger partial charge is 0.374 e. The molecule has 154 valence electrons. The van der Waals surface area contributed by atoms with E-state index in [1.165, 1.54) is 24.6 Å². The molecule has 1 unspecified atom stereocenters. The molecule has 5 nitrogen and oxygen atoms in total. The minimum absolute atomic E-state index is 0.120. The molecule has 0 spiro atoms. The predicted octanol–water partition coefficient (Wildman–Crippen LogP) is 5.42. The van der Waals surface area contributed by atoms with Crippen molar-refractivity contribution in [1.82, 2.24) is 4.98 Å². The van der Waals surface area contributed by atoms with E-state index in [2.05, 4.69) is 32.7 Å². The maximum absolute atomic E-state index is 11.9. The highest BCUT2D eigenvalue weighted by atomic mass is 32.2. The van der Waals surface area contributed by atoms with E-state index in [-0.39, 0.29) is 22.4 Å². The van der Waals surface area contributed by atoms with Gasteiger partial charge in [0.15, 0.2) is 0 Å². The summed E-state index contributed by atoms with van der Waals surface area (Å²) in [5.74, 6) is 1.49. The molecule has 1 aromatic rings. The lowest BCUT2D eigenvalue weighted by atomic mass is 9.70. The van der Waals surface area contributed by atoms with Crippen LogP contribution >= 0.6 is 11.8 Å². The van der Waals surface area contributed by atoms with Crippen molar-refractivity contribution in [1.29, 1.82) is 0 Å². The van der Waals surface area contributed by atoms with Crippen LogP contribution in [0.4, 0.5) is 0 Å². The molecule has 2 saturated carbocycles. The first-order valence-electron chi connectivity index (χ1n) is 10.5. The Morgan fingerprint density at radius 2 is 2.18 bits per heavy atom. The Kier molecular flexibility index (Phi) is 4.82. The SMILES string of the molecule is C[C@@H](CC(C)(Sc1ccccn1)[N+](=O)[O-])[C@H]1C[C@H]2[C@@H](O1)[C@@]1(C)CC[C@@H]2C1(C)C. The normalized spacial score (nSPS) is 38.8. The van der Waals surface area contributed by atoms with Gasteiger partial charge in [0.05, 0.1) is 12.2 Å². The van der Waals surface area contributed by atoms with E-state index < -0.39 is 4.87 Å². The molecule has 6 heteroatoms. The zero-order valence-electron chi connectivity index (χ0n) is 17.6. The van der Waals surface area contributed by atoms with Gasteiger partial charge in [-0.2, -0.15) is 0 Å². The van der Waals surface area contributed by atoms with Crippen molar-refractivity contribution in [3.63, 3.8) is 0 Å². The maximum atomic E-state index is 11.9. The topological polar surface area (TPSA) is 65.3 Å². The fraction of sp³-hybridized carbons (Fsp3) is 0.773. The summed E-state index contributed by atoms with van der Waals surface area (Å²) in [5, 5.41) is 12.6. The van der Waals surface area contributed by atoms with Crippen molar-refractivity contribution in [3.05, 3.63) is 34.5 Å². The number of ether oxygens (including phenoxy) is 1. The molecular weight excluding hydrogens is 372 g/mol. The fourth-order valence-corrected chi connectivity index (χ4v) is 7.57. The fourth-order valence-electron chi connectivity index (χ4n) is 6.44. The Hall–Kier alpha value is -1.14. The van der Waals surface area contributed by atoms with Crippen molar-refractivity contribution < 1.29 is 9.66 Å². The number of aromatic nitrogens is 1. The third-order valence-corrected chi connectivity index (χ3v) is 9.62. The first-order chi connectivity index (χ1) is 13.1. The van der Waals surface area contributed by atoms with Crippen LogP contribution in [0.5, 0.6) is 0 Å². The van der Waals surface area contributed by atoms with Gasteiger partial charge in [-0.05, 0) is 71.7 Å². The van der Waals surface area contributed by atoms with Crippen LogP contribution in [0.15, 0.2) is 29.4 Å². The monoisotopic (exact) mass is 404 g/mol. The van der Waals surface area contributed by atoms with Crippen molar-refractivity contribution in [2.75, 3.05) is 0 Å². The molecule has 0 radical (unpaired) electrons. The van der Waals surface area contributed by atoms with Crippen LogP contribution in [0.2, 0.25) is 0 Å². The highest BCUT2D eigenvalue weighted by molar-refractivity contribution is 8.00. The number of hydrogen-bond donors (Lipinski definition) is 0. The molecule has 3 fully saturated rings. The second kappa shape index (κ2) is 6.69. The number of rotatable bonds is 6. The summed E-state index contributed by atoms with van der Waals surface area (Å²) >= 11 is 1.25. The van der Waals surface area contributed by atoms with Crippen molar-refractivity contribution in [2.45, 2.75) is 82.4 Å². The van der Waals surface area contributed by atoms with Gasteiger partial charge in [0.25, 0.3) is 4.87 Å². The molecule has 4 rings (SSSR count). The minimum atomic E-state index is -1.10. The number of pyridine rings is 1. The summed E-state index contributed by atoms with van der Waals surface area (Å²) in [4.78, 5) is 15.0. The maximum Gasteiger partial charge on any atom is 0.270 e. The summed E-state index contributed by atoms with van der Waals surface area (Å²) in [7, 11) is 0. The number of hydrogen-bond acceptors (Lipinski definition) is 5. The zero-order valence-corrected chi connectivity index (χ0v) is 18.4. The Bertz CT molecular complexity index is 757. The van der Waals surface area contributed by atoms with Gasteiger partial charge in [-0.25, -0.2) is 4.98 Å². The summed E-state index contributed by atoms with van der Waals surface area (Å²) in [6.07, 6.45) is 6.21. The molecule has 1 saturated heterocycles. The standard InChI is InChI=1S/C22H32N2O3S/c1-14(13-22(5,24(25)26)28-18-8-6-7-11-23-18)17-12-15-16-9-10-21(4,19(15)27-17)20(16,2)3/h6-8,11,14-17,19H,9-10,12-13H2,1-5H3/t14-,15+,16-,17+,19+,21+,22?/m0/s1. The molecule has 7 atom stereocenters. The van der Waals surface area contributed by atoms with E-state index in [9.17, 15) is 10.1 Å². The Balaban J connectivity index is 1.47. The lowest BCUT2D eigenvalue weighted by Gasteiger charge is -2.39. The molecule has 2 heterocycles. The lowest BCUT2D eigenvalue weighted by Crippen LogP contribution is -2.39. The highest BCUT2D eigenvalue weighted by Gasteiger charge is 2.69. The number of nitro groups is 1. The summed E-state index contributed by atoms with van der Waals surface area (Å²) in [5.41, 5.74) is 0.576. The highest BCUT2D eigenvalue weighted by Crippen LogP contribution is 2.71. The molecule has 0 aromatic carbocycles. The van der Waals surface area contributed by atoms with Gasteiger partial charge in [-0.1, -0.05) is 33.8 Å². The average molecular weight is 405 g/mol. The van der Waals surface area contributed by atoms with Crippen LogP contribution in [0.1, 0.15) is 60.3 Å². The van der Waals surface area contributed by atoms with Crippen LogP contribution in [0.25, 0.3) is 0 Å². The van der Waals surface area contributed by atoms with Crippen LogP contribution in [-0.4, -0.2) is 27.0 Å². The van der Waals surface area contributed by atoms with Crippen molar-refractivity contribution in [2.24, 2.45) is 28.6 Å². The number of thioether (sulfide) groups is 1. The first kappa shape index (κ1) is 20.1. The van der Waals surface area contributed by atoms with Crippen LogP contribution in [0.3, 0.4) is 0 Å². The van der Waals surface area contributed by atoms with E-state index in [4.69, 9.17) is 4.74 Å². The van der Waals surface area contributed by atoms with Crippen molar-refractivity contribution >= 4 is 11.8 Å². The second-order valence-electron chi connectivity index (χ2n) is 10.2.